The van der Waals surface area contributed by atoms with Gasteiger partial charge in [-0.3, -0.25) is 4.79 Å². The summed E-state index contributed by atoms with van der Waals surface area (Å²) in [4.78, 5) is 17.5. The van der Waals surface area contributed by atoms with Crippen LogP contribution < -0.4 is 5.73 Å². The van der Waals surface area contributed by atoms with Gasteiger partial charge in [0.05, 0.1) is 11.7 Å². The van der Waals surface area contributed by atoms with Gasteiger partial charge in [-0.2, -0.15) is 0 Å². The summed E-state index contributed by atoms with van der Waals surface area (Å²) in [5, 5.41) is 9.83. The molecule has 0 radical (unpaired) electrons. The number of nitrogens with zero attached hydrogens (tertiary/aromatic N) is 2. The van der Waals surface area contributed by atoms with Crippen molar-refractivity contribution in [3.63, 3.8) is 0 Å². The summed E-state index contributed by atoms with van der Waals surface area (Å²) in [6.45, 7) is 1.08. The first-order valence-corrected chi connectivity index (χ1v) is 6.45. The first-order valence-electron chi connectivity index (χ1n) is 6.45. The van der Waals surface area contributed by atoms with E-state index < -0.39 is 5.82 Å². The molecule has 2 aliphatic rings. The van der Waals surface area contributed by atoms with E-state index in [2.05, 4.69) is 4.98 Å². The number of hydrogen-bond donors (Lipinski definition) is 2. The standard InChI is InChI=1S/C13H16FN3O2/c14-11-8(3-4-16-12(11)15)13(19)17-5-7-1-2-10(18)9(7)6-17/h3-4,7,9-10,18H,1-2,5-6H2,(H2,15,16). The molecule has 1 aromatic rings. The van der Waals surface area contributed by atoms with Crippen LogP contribution in [0, 0.1) is 17.7 Å². The second kappa shape index (κ2) is 4.45. The van der Waals surface area contributed by atoms with Crippen LogP contribution in [0.4, 0.5) is 10.2 Å². The molecule has 0 aromatic carbocycles. The summed E-state index contributed by atoms with van der Waals surface area (Å²) >= 11 is 0. The third kappa shape index (κ3) is 1.96. The largest absolute Gasteiger partial charge is 0.393 e. The Kier molecular flexibility index (Phi) is 2.89. The van der Waals surface area contributed by atoms with E-state index in [1.165, 1.54) is 12.3 Å². The molecule has 1 aliphatic carbocycles. The fourth-order valence-electron chi connectivity index (χ4n) is 3.20. The lowest BCUT2D eigenvalue weighted by Gasteiger charge is -2.18. The monoisotopic (exact) mass is 265 g/mol. The summed E-state index contributed by atoms with van der Waals surface area (Å²) in [6.07, 6.45) is 2.72. The molecule has 1 amide bonds. The Hall–Kier alpha value is -1.69. The van der Waals surface area contributed by atoms with Gasteiger partial charge in [-0.15, -0.1) is 0 Å². The number of fused-ring (bicyclic) bond motifs is 1. The van der Waals surface area contributed by atoms with Crippen molar-refractivity contribution in [2.75, 3.05) is 18.8 Å². The van der Waals surface area contributed by atoms with E-state index in [1.807, 2.05) is 0 Å². The van der Waals surface area contributed by atoms with Crippen molar-refractivity contribution in [1.82, 2.24) is 9.88 Å². The van der Waals surface area contributed by atoms with Crippen LogP contribution in [0.3, 0.4) is 0 Å². The van der Waals surface area contributed by atoms with Crippen LogP contribution in [0.2, 0.25) is 0 Å². The summed E-state index contributed by atoms with van der Waals surface area (Å²) < 4.78 is 13.8. The highest BCUT2D eigenvalue weighted by Crippen LogP contribution is 2.38. The quantitative estimate of drug-likeness (QED) is 0.781. The predicted molar refractivity (Wildman–Crippen MR) is 66.7 cm³/mol. The fourth-order valence-corrected chi connectivity index (χ4v) is 3.20. The number of rotatable bonds is 1. The molecule has 3 atom stereocenters. The lowest BCUT2D eigenvalue weighted by molar-refractivity contribution is 0.0748. The molecule has 0 bridgehead atoms. The van der Waals surface area contributed by atoms with Crippen LogP contribution in [0.15, 0.2) is 12.3 Å². The van der Waals surface area contributed by atoms with E-state index in [9.17, 15) is 14.3 Å². The molecule has 0 spiro atoms. The molecule has 19 heavy (non-hydrogen) atoms. The SMILES string of the molecule is Nc1nccc(C(=O)N2CC3CCC(O)C3C2)c1F. The maximum atomic E-state index is 13.8. The van der Waals surface area contributed by atoms with Crippen LogP contribution in [0.5, 0.6) is 0 Å². The molecular formula is C13H16FN3O2. The number of likely N-dealkylation sites (tertiary alicyclic amines) is 1. The lowest BCUT2D eigenvalue weighted by Crippen LogP contribution is -2.31. The fraction of sp³-hybridized carbons (Fsp3) is 0.538. The minimum Gasteiger partial charge on any atom is -0.393 e. The number of anilines is 1. The molecule has 3 N–H and O–H groups in total. The molecule has 2 heterocycles. The average molecular weight is 265 g/mol. The Bertz CT molecular complexity index is 523. The third-order valence-corrected chi connectivity index (χ3v) is 4.25. The molecule has 3 rings (SSSR count). The highest BCUT2D eigenvalue weighted by Gasteiger charge is 2.43. The zero-order valence-corrected chi connectivity index (χ0v) is 10.4. The number of aliphatic hydroxyl groups excluding tert-OH is 1. The zero-order valence-electron chi connectivity index (χ0n) is 10.4. The van der Waals surface area contributed by atoms with Gasteiger partial charge in [0.25, 0.3) is 5.91 Å². The average Bonchev–Trinajstić information content (AvgIpc) is 2.95. The van der Waals surface area contributed by atoms with Crippen LogP contribution in [0.25, 0.3) is 0 Å². The zero-order chi connectivity index (χ0) is 13.6. The van der Waals surface area contributed by atoms with Gasteiger partial charge >= 0.3 is 0 Å². The molecular weight excluding hydrogens is 249 g/mol. The Morgan fingerprint density at radius 3 is 3.00 bits per heavy atom. The summed E-state index contributed by atoms with van der Waals surface area (Å²) in [5.74, 6) is -0.920. The topological polar surface area (TPSA) is 79.5 Å². The van der Waals surface area contributed by atoms with Gasteiger partial charge < -0.3 is 15.7 Å². The third-order valence-electron chi connectivity index (χ3n) is 4.25. The van der Waals surface area contributed by atoms with Crippen LogP contribution in [0.1, 0.15) is 23.2 Å². The molecule has 1 saturated heterocycles. The Morgan fingerprint density at radius 1 is 1.47 bits per heavy atom. The van der Waals surface area contributed by atoms with E-state index in [-0.39, 0.29) is 29.3 Å². The highest BCUT2D eigenvalue weighted by molar-refractivity contribution is 5.95. The summed E-state index contributed by atoms with van der Waals surface area (Å²) in [5.41, 5.74) is 5.33. The van der Waals surface area contributed by atoms with Crippen molar-refractivity contribution >= 4 is 11.7 Å². The predicted octanol–water partition coefficient (Wildman–Crippen LogP) is 0.646. The number of aromatic nitrogens is 1. The van der Waals surface area contributed by atoms with E-state index in [4.69, 9.17) is 5.73 Å². The number of nitrogens with two attached hydrogens (primary N) is 1. The van der Waals surface area contributed by atoms with Gasteiger partial charge in [-0.25, -0.2) is 9.37 Å². The van der Waals surface area contributed by atoms with Crippen molar-refractivity contribution in [2.45, 2.75) is 18.9 Å². The molecule has 1 saturated carbocycles. The number of carbonyl (C=O) groups excluding carboxylic acids is 1. The summed E-state index contributed by atoms with van der Waals surface area (Å²) in [7, 11) is 0. The maximum absolute atomic E-state index is 13.8. The summed E-state index contributed by atoms with van der Waals surface area (Å²) in [6, 6.07) is 1.35. The number of hydrogen-bond acceptors (Lipinski definition) is 4. The second-order valence-corrected chi connectivity index (χ2v) is 5.34. The van der Waals surface area contributed by atoms with Gasteiger partial charge in [0.2, 0.25) is 0 Å². The van der Waals surface area contributed by atoms with Gasteiger partial charge in [-0.1, -0.05) is 0 Å². The Balaban J connectivity index is 1.81. The number of amides is 1. The normalized spacial score (nSPS) is 29.6. The van der Waals surface area contributed by atoms with Crippen molar-refractivity contribution in [3.05, 3.63) is 23.6 Å². The van der Waals surface area contributed by atoms with E-state index >= 15 is 0 Å². The van der Waals surface area contributed by atoms with E-state index in [0.29, 0.717) is 19.0 Å². The van der Waals surface area contributed by atoms with Crippen molar-refractivity contribution in [3.8, 4) is 0 Å². The minimum absolute atomic E-state index is 0.0398. The molecule has 5 nitrogen and oxygen atoms in total. The van der Waals surface area contributed by atoms with Crippen LogP contribution >= 0.6 is 0 Å². The van der Waals surface area contributed by atoms with Crippen molar-refractivity contribution in [1.29, 1.82) is 0 Å². The molecule has 1 aliphatic heterocycles. The number of halogens is 1. The van der Waals surface area contributed by atoms with Crippen LogP contribution in [-0.4, -0.2) is 40.1 Å². The molecule has 3 unspecified atom stereocenters. The van der Waals surface area contributed by atoms with E-state index in [0.717, 1.165) is 12.8 Å². The molecule has 1 aromatic heterocycles. The molecule has 6 heteroatoms. The Labute approximate surface area is 110 Å². The maximum Gasteiger partial charge on any atom is 0.257 e. The molecule has 2 fully saturated rings. The number of nitrogen functional groups attached to an aromatic ring is 1. The molecule has 102 valence electrons. The van der Waals surface area contributed by atoms with Crippen molar-refractivity contribution < 1.29 is 14.3 Å². The van der Waals surface area contributed by atoms with Crippen LogP contribution in [-0.2, 0) is 0 Å². The smallest absolute Gasteiger partial charge is 0.257 e. The number of aliphatic hydroxyl groups is 1. The minimum atomic E-state index is -0.759. The Morgan fingerprint density at radius 2 is 2.26 bits per heavy atom. The van der Waals surface area contributed by atoms with Gasteiger partial charge in [0, 0.05) is 25.2 Å². The first-order chi connectivity index (χ1) is 9.08. The number of carbonyl (C=O) groups is 1. The highest BCUT2D eigenvalue weighted by atomic mass is 19.1. The van der Waals surface area contributed by atoms with E-state index in [1.54, 1.807) is 4.90 Å². The van der Waals surface area contributed by atoms with Gasteiger partial charge in [0.1, 0.15) is 0 Å². The van der Waals surface area contributed by atoms with Gasteiger partial charge in [-0.05, 0) is 24.8 Å². The second-order valence-electron chi connectivity index (χ2n) is 5.34. The number of pyridine rings is 1. The lowest BCUT2D eigenvalue weighted by atomic mass is 10.00. The van der Waals surface area contributed by atoms with Crippen molar-refractivity contribution in [2.24, 2.45) is 11.8 Å². The van der Waals surface area contributed by atoms with Gasteiger partial charge in [0.15, 0.2) is 11.6 Å². The first kappa shape index (κ1) is 12.3.